The molecule has 200 valence electrons. The van der Waals surface area contributed by atoms with Crippen molar-refractivity contribution in [1.82, 2.24) is 24.7 Å². The molecule has 0 spiro atoms. The molecule has 2 aliphatic heterocycles. The first-order valence-electron chi connectivity index (χ1n) is 12.3. The van der Waals surface area contributed by atoms with Gasteiger partial charge in [0.05, 0.1) is 36.4 Å². The number of aromatic nitrogens is 2. The van der Waals surface area contributed by atoms with E-state index in [1.165, 1.54) is 17.0 Å². The number of aryl methyl sites for hydroxylation is 1. The van der Waals surface area contributed by atoms with E-state index >= 15 is 0 Å². The zero-order valence-corrected chi connectivity index (χ0v) is 21.5. The smallest absolute Gasteiger partial charge is 0.259 e. The Bertz CT molecular complexity index is 1380. The predicted octanol–water partition coefficient (Wildman–Crippen LogP) is 4.55. The number of piperazine rings is 1. The van der Waals surface area contributed by atoms with E-state index in [-0.39, 0.29) is 25.1 Å². The van der Waals surface area contributed by atoms with Crippen LogP contribution in [0.5, 0.6) is 5.75 Å². The van der Waals surface area contributed by atoms with Crippen LogP contribution in [0, 0.1) is 18.2 Å². The normalized spacial score (nSPS) is 21.2. The molecule has 9 heteroatoms. The van der Waals surface area contributed by atoms with E-state index in [0.717, 1.165) is 22.5 Å². The third-order valence-electron chi connectivity index (χ3n) is 7.33. The number of rotatable bonds is 5. The van der Waals surface area contributed by atoms with Crippen molar-refractivity contribution in [3.05, 3.63) is 83.2 Å². The fraction of sp³-hybridized carbons (Fsp3) is 0.345. The topological polar surface area (TPSA) is 86.5 Å². The van der Waals surface area contributed by atoms with Gasteiger partial charge in [-0.3, -0.25) is 15.1 Å². The first-order chi connectivity index (χ1) is 17.7. The van der Waals surface area contributed by atoms with Crippen LogP contribution < -0.4 is 10.1 Å². The molecule has 2 aliphatic rings. The highest BCUT2D eigenvalue weighted by molar-refractivity contribution is 6.12. The molecule has 2 saturated heterocycles. The number of methoxy groups -OCH3 is 1. The number of hydrogen-bond acceptors (Lipinski definition) is 5. The van der Waals surface area contributed by atoms with Crippen LogP contribution in [0.1, 0.15) is 44.1 Å². The van der Waals surface area contributed by atoms with Gasteiger partial charge in [-0.1, -0.05) is 25.6 Å². The van der Waals surface area contributed by atoms with E-state index < -0.39 is 11.6 Å². The first-order valence-corrected chi connectivity index (χ1v) is 12.3. The molecule has 3 heterocycles. The Morgan fingerprint density at radius 3 is 2.63 bits per heavy atom. The molecular formula is C29H35FN6O2. The number of hydrogen-bond donors (Lipinski definition) is 2. The summed E-state index contributed by atoms with van der Waals surface area (Å²) in [6.07, 6.45) is 5.56. The molecule has 0 bridgehead atoms. The van der Waals surface area contributed by atoms with E-state index in [0.29, 0.717) is 31.0 Å². The molecule has 38 heavy (non-hydrogen) atoms. The Balaban J connectivity index is 0.00000336. The number of fused-ring (bicyclic) bond motifs is 1. The van der Waals surface area contributed by atoms with Crippen molar-refractivity contribution in [3.63, 3.8) is 0 Å². The number of carbonyl (C=O) groups is 1. The standard InChI is InChI=1S/C28H31FN6O2.CH4/c1-18-15-33(17-32-18)24-10-5-20(14-25(24)37-4)13-23-26(36)35(19(2)21-6-8-22(29)9-7-21)27(30)34-12-11-31-16-28(23,34)3;/h5-10,13-15,17,19,30-31H,11-12,16H2,1-4H3;1H4/b23-13-,30-27?;. The molecule has 2 N–H and O–H groups in total. The minimum atomic E-state index is -0.696. The lowest BCUT2D eigenvalue weighted by Gasteiger charge is -2.54. The summed E-state index contributed by atoms with van der Waals surface area (Å²) in [4.78, 5) is 21.9. The Morgan fingerprint density at radius 1 is 1.24 bits per heavy atom. The lowest BCUT2D eigenvalue weighted by atomic mass is 9.83. The van der Waals surface area contributed by atoms with Gasteiger partial charge in [0.25, 0.3) is 5.91 Å². The van der Waals surface area contributed by atoms with Gasteiger partial charge in [-0.15, -0.1) is 0 Å². The minimum absolute atomic E-state index is 0. The van der Waals surface area contributed by atoms with Crippen LogP contribution in [0.25, 0.3) is 11.8 Å². The van der Waals surface area contributed by atoms with Crippen molar-refractivity contribution in [2.24, 2.45) is 0 Å². The van der Waals surface area contributed by atoms with Gasteiger partial charge in [-0.05, 0) is 62.2 Å². The minimum Gasteiger partial charge on any atom is -0.495 e. The lowest BCUT2D eigenvalue weighted by molar-refractivity contribution is -0.129. The van der Waals surface area contributed by atoms with Crippen molar-refractivity contribution >= 4 is 17.9 Å². The molecule has 0 aliphatic carbocycles. The molecule has 2 unspecified atom stereocenters. The van der Waals surface area contributed by atoms with Crippen molar-refractivity contribution in [2.45, 2.75) is 39.8 Å². The van der Waals surface area contributed by atoms with Crippen LogP contribution in [0.4, 0.5) is 4.39 Å². The summed E-state index contributed by atoms with van der Waals surface area (Å²) in [6, 6.07) is 11.4. The van der Waals surface area contributed by atoms with Crippen molar-refractivity contribution in [1.29, 1.82) is 5.41 Å². The predicted molar refractivity (Wildman–Crippen MR) is 147 cm³/mol. The molecule has 2 atom stereocenters. The quantitative estimate of drug-likeness (QED) is 0.484. The van der Waals surface area contributed by atoms with Gasteiger partial charge in [0.15, 0.2) is 0 Å². The van der Waals surface area contributed by atoms with Gasteiger partial charge in [0.2, 0.25) is 5.96 Å². The highest BCUT2D eigenvalue weighted by Crippen LogP contribution is 2.38. The fourth-order valence-electron chi connectivity index (χ4n) is 5.22. The van der Waals surface area contributed by atoms with E-state index in [1.807, 2.05) is 60.7 Å². The Kier molecular flexibility index (Phi) is 7.42. The molecule has 0 saturated carbocycles. The molecule has 5 rings (SSSR count). The molecule has 3 aromatic rings. The fourth-order valence-corrected chi connectivity index (χ4v) is 5.22. The van der Waals surface area contributed by atoms with E-state index in [4.69, 9.17) is 10.1 Å². The number of carbonyl (C=O) groups excluding carboxylic acids is 1. The van der Waals surface area contributed by atoms with Crippen molar-refractivity contribution < 1.29 is 13.9 Å². The maximum atomic E-state index is 14.1. The molecule has 1 amide bonds. The Morgan fingerprint density at radius 2 is 1.97 bits per heavy atom. The summed E-state index contributed by atoms with van der Waals surface area (Å²) in [5, 5.41) is 12.4. The Labute approximate surface area is 223 Å². The third kappa shape index (κ3) is 4.58. The number of guanidine groups is 1. The number of halogens is 1. The number of amides is 1. The summed E-state index contributed by atoms with van der Waals surface area (Å²) < 4.78 is 21.1. The SMILES string of the molecule is C.COc1cc(/C=C2/C(=O)N(C(C)c3ccc(F)cc3)C(=N)N3CCNCC23C)ccc1-n1cnc(C)c1. The molecule has 8 nitrogen and oxygen atoms in total. The van der Waals surface area contributed by atoms with Crippen LogP contribution >= 0.6 is 0 Å². The van der Waals surface area contributed by atoms with Crippen LogP contribution in [-0.2, 0) is 4.79 Å². The van der Waals surface area contributed by atoms with E-state index in [2.05, 4.69) is 10.3 Å². The lowest BCUT2D eigenvalue weighted by Crippen LogP contribution is -2.71. The van der Waals surface area contributed by atoms with Gasteiger partial charge in [-0.2, -0.15) is 0 Å². The zero-order valence-electron chi connectivity index (χ0n) is 21.5. The largest absolute Gasteiger partial charge is 0.495 e. The van der Waals surface area contributed by atoms with E-state index in [9.17, 15) is 9.18 Å². The highest BCUT2D eigenvalue weighted by atomic mass is 19.1. The third-order valence-corrected chi connectivity index (χ3v) is 7.33. The number of nitrogens with one attached hydrogen (secondary N) is 2. The van der Waals surface area contributed by atoms with Crippen molar-refractivity contribution in [2.75, 3.05) is 26.7 Å². The van der Waals surface area contributed by atoms with E-state index in [1.54, 1.807) is 25.6 Å². The van der Waals surface area contributed by atoms with Crippen LogP contribution in [0.3, 0.4) is 0 Å². The average Bonchev–Trinajstić information content (AvgIpc) is 3.32. The summed E-state index contributed by atoms with van der Waals surface area (Å²) in [5.74, 6) is 0.238. The van der Waals surface area contributed by atoms with Gasteiger partial charge >= 0.3 is 0 Å². The summed E-state index contributed by atoms with van der Waals surface area (Å²) >= 11 is 0. The molecule has 0 radical (unpaired) electrons. The van der Waals surface area contributed by atoms with Gasteiger partial charge in [0, 0.05) is 31.4 Å². The number of nitrogens with zero attached hydrogens (tertiary/aromatic N) is 4. The molecule has 1 aromatic heterocycles. The summed E-state index contributed by atoms with van der Waals surface area (Å²) in [7, 11) is 1.62. The van der Waals surface area contributed by atoms with Crippen LogP contribution in [0.15, 0.2) is 60.6 Å². The average molecular weight is 519 g/mol. The molecule has 2 fully saturated rings. The number of imidazole rings is 1. The monoisotopic (exact) mass is 518 g/mol. The zero-order chi connectivity index (χ0) is 26.3. The second kappa shape index (κ2) is 10.4. The van der Waals surface area contributed by atoms with Crippen LogP contribution in [0.2, 0.25) is 0 Å². The molecule has 2 aromatic carbocycles. The highest BCUT2D eigenvalue weighted by Gasteiger charge is 2.50. The second-order valence-electron chi connectivity index (χ2n) is 9.74. The maximum absolute atomic E-state index is 14.1. The first kappa shape index (κ1) is 27.1. The van der Waals surface area contributed by atoms with Gasteiger partial charge in [0.1, 0.15) is 11.6 Å². The maximum Gasteiger partial charge on any atom is 0.259 e. The number of benzene rings is 2. The van der Waals surface area contributed by atoms with Crippen molar-refractivity contribution in [3.8, 4) is 11.4 Å². The van der Waals surface area contributed by atoms with Gasteiger partial charge < -0.3 is 19.5 Å². The molecular weight excluding hydrogens is 483 g/mol. The summed E-state index contributed by atoms with van der Waals surface area (Å²) in [6.45, 7) is 7.64. The second-order valence-corrected chi connectivity index (χ2v) is 9.74. The Hall–Kier alpha value is -3.98. The van der Waals surface area contributed by atoms with Gasteiger partial charge in [-0.25, -0.2) is 9.37 Å². The van der Waals surface area contributed by atoms with Crippen LogP contribution in [-0.4, -0.2) is 63.5 Å². The summed E-state index contributed by atoms with van der Waals surface area (Å²) in [5.41, 5.74) is 3.21. The number of ether oxygens (including phenoxy) is 1.